The van der Waals surface area contributed by atoms with Gasteiger partial charge in [0.2, 0.25) is 0 Å². The highest BCUT2D eigenvalue weighted by molar-refractivity contribution is 6.35. The highest BCUT2D eigenvalue weighted by Crippen LogP contribution is 2.22. The van der Waals surface area contributed by atoms with Crippen molar-refractivity contribution < 1.29 is 19.1 Å². The summed E-state index contributed by atoms with van der Waals surface area (Å²) in [6.07, 6.45) is 0.705. The van der Waals surface area contributed by atoms with Crippen LogP contribution < -0.4 is 10.1 Å². The fourth-order valence-corrected chi connectivity index (χ4v) is 2.61. The van der Waals surface area contributed by atoms with E-state index in [0.29, 0.717) is 22.2 Å². The number of nitrogens with one attached hydrogen (secondary N) is 1. The lowest BCUT2D eigenvalue weighted by Crippen LogP contribution is -2.21. The lowest BCUT2D eigenvalue weighted by Gasteiger charge is -2.08. The van der Waals surface area contributed by atoms with Crippen molar-refractivity contribution in [3.05, 3.63) is 58.1 Å². The topological polar surface area (TPSA) is 64.6 Å². The molecule has 1 amide bonds. The van der Waals surface area contributed by atoms with Crippen molar-refractivity contribution in [2.24, 2.45) is 0 Å². The first-order valence-corrected chi connectivity index (χ1v) is 8.26. The van der Waals surface area contributed by atoms with Crippen molar-refractivity contribution in [3.8, 4) is 5.75 Å². The Kier molecular flexibility index (Phi) is 7.10. The summed E-state index contributed by atoms with van der Waals surface area (Å²) in [5.41, 5.74) is 1.42. The molecule has 0 bridgehead atoms. The number of anilines is 1. The highest BCUT2D eigenvalue weighted by atomic mass is 35.5. The van der Waals surface area contributed by atoms with Gasteiger partial charge in [-0.1, -0.05) is 35.3 Å². The summed E-state index contributed by atoms with van der Waals surface area (Å²) in [7, 11) is 1.59. The van der Waals surface area contributed by atoms with Crippen molar-refractivity contribution in [1.29, 1.82) is 0 Å². The van der Waals surface area contributed by atoms with Gasteiger partial charge >= 0.3 is 5.97 Å². The lowest BCUT2D eigenvalue weighted by molar-refractivity contribution is -0.147. The molecule has 0 aliphatic carbocycles. The molecule has 0 aliphatic rings. The third-order valence-corrected chi connectivity index (χ3v) is 3.72. The summed E-state index contributed by atoms with van der Waals surface area (Å²) in [6, 6.07) is 12.1. The number of hydrogen-bond donors (Lipinski definition) is 1. The van der Waals surface area contributed by atoms with E-state index >= 15 is 0 Å². The monoisotopic (exact) mass is 381 g/mol. The van der Waals surface area contributed by atoms with Gasteiger partial charge in [0.05, 0.1) is 7.11 Å². The zero-order chi connectivity index (χ0) is 18.2. The quantitative estimate of drug-likeness (QED) is 0.732. The summed E-state index contributed by atoms with van der Waals surface area (Å²) in [4.78, 5) is 23.5. The Bertz CT molecular complexity index is 727. The molecule has 1 N–H and O–H groups in total. The molecule has 0 heterocycles. The minimum absolute atomic E-state index is 0.183. The number of carbonyl (C=O) groups is 2. The predicted molar refractivity (Wildman–Crippen MR) is 97.4 cm³/mol. The van der Waals surface area contributed by atoms with Gasteiger partial charge in [0, 0.05) is 22.2 Å². The van der Waals surface area contributed by atoms with Crippen molar-refractivity contribution in [3.63, 3.8) is 0 Å². The van der Waals surface area contributed by atoms with E-state index in [2.05, 4.69) is 5.32 Å². The van der Waals surface area contributed by atoms with Gasteiger partial charge in [-0.25, -0.2) is 0 Å². The number of carbonyl (C=O) groups excluding carboxylic acids is 2. The van der Waals surface area contributed by atoms with Crippen LogP contribution in [0.4, 0.5) is 5.69 Å². The van der Waals surface area contributed by atoms with E-state index in [1.165, 1.54) is 0 Å². The van der Waals surface area contributed by atoms with Gasteiger partial charge in [-0.05, 0) is 42.3 Å². The maximum absolute atomic E-state index is 11.8. The van der Waals surface area contributed by atoms with Crippen LogP contribution in [0, 0.1) is 0 Å². The zero-order valence-electron chi connectivity index (χ0n) is 13.6. The first-order valence-electron chi connectivity index (χ1n) is 7.51. The number of halogens is 2. The molecule has 0 atom stereocenters. The van der Waals surface area contributed by atoms with Gasteiger partial charge < -0.3 is 14.8 Å². The second-order valence-corrected chi connectivity index (χ2v) is 6.09. The minimum atomic E-state index is -0.462. The molecule has 0 saturated carbocycles. The molecule has 0 fully saturated rings. The number of esters is 1. The van der Waals surface area contributed by atoms with Gasteiger partial charge in [0.15, 0.2) is 6.61 Å². The smallest absolute Gasteiger partial charge is 0.306 e. The standard InChI is InChI=1S/C18H17Cl2NO4/c1-24-16-5-2-12(3-6-16)4-7-18(23)25-11-17(22)21-15-9-13(19)8-14(20)10-15/h2-3,5-6,8-10H,4,7,11H2,1H3,(H,21,22). The summed E-state index contributed by atoms with van der Waals surface area (Å²) < 4.78 is 10.0. The van der Waals surface area contributed by atoms with Crippen molar-refractivity contribution >= 4 is 40.8 Å². The van der Waals surface area contributed by atoms with Gasteiger partial charge in [-0.3, -0.25) is 9.59 Å². The molecule has 2 aromatic rings. The number of aryl methyl sites for hydroxylation is 1. The van der Waals surface area contributed by atoms with Gasteiger partial charge in [-0.2, -0.15) is 0 Å². The van der Waals surface area contributed by atoms with E-state index in [-0.39, 0.29) is 13.0 Å². The van der Waals surface area contributed by atoms with E-state index in [4.69, 9.17) is 32.7 Å². The van der Waals surface area contributed by atoms with Crippen LogP contribution in [0.2, 0.25) is 10.0 Å². The molecule has 132 valence electrons. The Morgan fingerprint density at radius 1 is 1.04 bits per heavy atom. The molecule has 0 unspecified atom stereocenters. The Morgan fingerprint density at radius 2 is 1.68 bits per heavy atom. The maximum Gasteiger partial charge on any atom is 0.306 e. The fraction of sp³-hybridized carbons (Fsp3) is 0.222. The summed E-state index contributed by atoms with van der Waals surface area (Å²) in [6.45, 7) is -0.369. The van der Waals surface area contributed by atoms with Crippen LogP contribution in [0.1, 0.15) is 12.0 Å². The molecule has 2 aromatic carbocycles. The van der Waals surface area contributed by atoms with Crippen LogP contribution >= 0.6 is 23.2 Å². The van der Waals surface area contributed by atoms with E-state index < -0.39 is 11.9 Å². The normalized spacial score (nSPS) is 10.2. The fourth-order valence-electron chi connectivity index (χ4n) is 2.08. The van der Waals surface area contributed by atoms with Crippen LogP contribution in [0.15, 0.2) is 42.5 Å². The second kappa shape index (κ2) is 9.30. The number of methoxy groups -OCH3 is 1. The maximum atomic E-state index is 11.8. The van der Waals surface area contributed by atoms with E-state index in [1.807, 2.05) is 24.3 Å². The highest BCUT2D eigenvalue weighted by Gasteiger charge is 2.09. The van der Waals surface area contributed by atoms with Crippen molar-refractivity contribution in [2.45, 2.75) is 12.8 Å². The largest absolute Gasteiger partial charge is 0.497 e. The number of rotatable bonds is 7. The lowest BCUT2D eigenvalue weighted by atomic mass is 10.1. The molecule has 0 aromatic heterocycles. The van der Waals surface area contributed by atoms with Crippen LogP contribution in [0.25, 0.3) is 0 Å². The molecule has 25 heavy (non-hydrogen) atoms. The minimum Gasteiger partial charge on any atom is -0.497 e. The number of ether oxygens (including phenoxy) is 2. The molecular weight excluding hydrogens is 365 g/mol. The molecule has 7 heteroatoms. The second-order valence-electron chi connectivity index (χ2n) is 5.22. The summed E-state index contributed by atoms with van der Waals surface area (Å²) in [5.74, 6) is -0.157. The van der Waals surface area contributed by atoms with Gasteiger partial charge in [0.1, 0.15) is 5.75 Å². The number of benzene rings is 2. The average Bonchev–Trinajstić information content (AvgIpc) is 2.57. The van der Waals surface area contributed by atoms with Gasteiger partial charge in [0.25, 0.3) is 5.91 Å². The van der Waals surface area contributed by atoms with E-state index in [1.54, 1.807) is 25.3 Å². The Morgan fingerprint density at radius 3 is 2.28 bits per heavy atom. The molecule has 0 saturated heterocycles. The zero-order valence-corrected chi connectivity index (χ0v) is 15.1. The van der Waals surface area contributed by atoms with Crippen molar-refractivity contribution in [2.75, 3.05) is 19.0 Å². The number of amides is 1. The molecule has 0 spiro atoms. The average molecular weight is 382 g/mol. The first kappa shape index (κ1) is 19.1. The Labute approximate surface area is 155 Å². The molecule has 5 nitrogen and oxygen atoms in total. The summed E-state index contributed by atoms with van der Waals surface area (Å²) in [5, 5.41) is 3.37. The first-order chi connectivity index (χ1) is 12.0. The molecule has 2 rings (SSSR count). The Hall–Kier alpha value is -2.24. The van der Waals surface area contributed by atoms with Crippen molar-refractivity contribution in [1.82, 2.24) is 0 Å². The van der Waals surface area contributed by atoms with Crippen LogP contribution in [0.3, 0.4) is 0 Å². The third-order valence-electron chi connectivity index (χ3n) is 3.29. The molecule has 0 aliphatic heterocycles. The molecular formula is C18H17Cl2NO4. The van der Waals surface area contributed by atoms with Crippen LogP contribution in [-0.4, -0.2) is 25.6 Å². The van der Waals surface area contributed by atoms with Gasteiger partial charge in [-0.15, -0.1) is 0 Å². The van der Waals surface area contributed by atoms with E-state index in [9.17, 15) is 9.59 Å². The third kappa shape index (κ3) is 6.64. The molecule has 0 radical (unpaired) electrons. The van der Waals surface area contributed by atoms with E-state index in [0.717, 1.165) is 11.3 Å². The predicted octanol–water partition coefficient (Wildman–Crippen LogP) is 4.12. The SMILES string of the molecule is COc1ccc(CCC(=O)OCC(=O)Nc2cc(Cl)cc(Cl)c2)cc1. The van der Waals surface area contributed by atoms with Crippen LogP contribution in [-0.2, 0) is 20.7 Å². The summed E-state index contributed by atoms with van der Waals surface area (Å²) >= 11 is 11.7. The van der Waals surface area contributed by atoms with Crippen LogP contribution in [0.5, 0.6) is 5.75 Å². The number of hydrogen-bond acceptors (Lipinski definition) is 4. The Balaban J connectivity index is 1.74.